The van der Waals surface area contributed by atoms with Gasteiger partial charge in [-0.05, 0) is 12.1 Å². The Kier molecular flexibility index (Phi) is 0.690. The molecule has 0 nitrogen and oxygen atoms in total. The quantitative estimate of drug-likeness (QED) is 0.382. The van der Waals surface area contributed by atoms with Crippen LogP contribution >= 0.6 is 0 Å². The Morgan fingerprint density at radius 1 is 1.40 bits per heavy atom. The second-order valence-corrected chi connectivity index (χ2v) is 4.10. The van der Waals surface area contributed by atoms with Gasteiger partial charge in [-0.25, -0.2) is 0 Å². The second kappa shape index (κ2) is 1.05. The van der Waals surface area contributed by atoms with Crippen LogP contribution in [-0.4, -0.2) is 14.6 Å². The summed E-state index contributed by atoms with van der Waals surface area (Å²) >= 11 is 0. The van der Waals surface area contributed by atoms with Crippen molar-refractivity contribution < 1.29 is 0 Å². The Hall–Kier alpha value is 0.0869. The summed E-state index contributed by atoms with van der Waals surface area (Å²) < 4.78 is 0. The van der Waals surface area contributed by atoms with Crippen molar-refractivity contribution in [2.75, 3.05) is 0 Å². The highest BCUT2D eigenvalue weighted by Crippen LogP contribution is 2.11. The molecule has 0 saturated carbocycles. The van der Waals surface area contributed by atoms with E-state index in [1.165, 1.54) is 18.5 Å². The van der Waals surface area contributed by atoms with Crippen molar-refractivity contribution in [3.05, 3.63) is 0 Å². The first kappa shape index (κ1) is 3.28. The van der Waals surface area contributed by atoms with Crippen LogP contribution in [0.2, 0.25) is 12.1 Å². The van der Waals surface area contributed by atoms with Crippen molar-refractivity contribution in [2.24, 2.45) is 0 Å². The molecular weight excluding hydrogens is 76.1 g/mol. The summed E-state index contributed by atoms with van der Waals surface area (Å²) in [5.74, 6) is 0. The fourth-order valence-corrected chi connectivity index (χ4v) is 1.28. The molecule has 0 aromatic heterocycles. The first-order valence-electron chi connectivity index (χ1n) is 2.06. The highest BCUT2D eigenvalue weighted by atomic mass is 28.2. The lowest BCUT2D eigenvalue weighted by Gasteiger charge is -2.10. The molecule has 0 radical (unpaired) electrons. The van der Waals surface area contributed by atoms with E-state index in [4.69, 9.17) is 0 Å². The van der Waals surface area contributed by atoms with E-state index >= 15 is 0 Å². The van der Waals surface area contributed by atoms with Crippen molar-refractivity contribution in [1.82, 2.24) is 0 Å². The van der Waals surface area contributed by atoms with Gasteiger partial charge >= 0.3 is 0 Å². The van der Waals surface area contributed by atoms with E-state index in [-0.39, 0.29) is 8.41 Å². The van der Waals surface area contributed by atoms with Gasteiger partial charge < -0.3 is 0 Å². The van der Waals surface area contributed by atoms with Crippen LogP contribution in [0, 0.1) is 0 Å². The van der Waals surface area contributed by atoms with Gasteiger partial charge in [-0.2, -0.15) is 0 Å². The van der Waals surface area contributed by atoms with Gasteiger partial charge in [0.15, 0.2) is 0 Å². The minimum Gasteiger partial charge on any atom is -0.118 e. The van der Waals surface area contributed by atoms with Gasteiger partial charge in [0.05, 0.1) is 0 Å². The smallest absolute Gasteiger partial charge is 0.00191 e. The van der Waals surface area contributed by atoms with Crippen molar-refractivity contribution in [1.29, 1.82) is 0 Å². The van der Waals surface area contributed by atoms with Crippen molar-refractivity contribution in [2.45, 2.75) is 18.5 Å². The zero-order valence-corrected chi connectivity index (χ0v) is 4.33. The molecule has 1 saturated heterocycles. The molecule has 5 heavy (non-hydrogen) atoms. The van der Waals surface area contributed by atoms with Crippen LogP contribution in [0.15, 0.2) is 0 Å². The minimum absolute atomic E-state index is 0.0566. The summed E-state index contributed by atoms with van der Waals surface area (Å²) in [6, 6.07) is 2.95. The predicted octanol–water partition coefficient (Wildman–Crippen LogP) is 0.899. The molecule has 0 spiro atoms. The summed E-state index contributed by atoms with van der Waals surface area (Å²) in [4.78, 5) is 0. The predicted molar refractivity (Wildman–Crippen MR) is 27.1 cm³/mol. The number of rotatable bonds is 0. The van der Waals surface area contributed by atoms with Gasteiger partial charge in [-0.15, -0.1) is 6.17 Å². The van der Waals surface area contributed by atoms with Crippen LogP contribution in [0.5, 0.6) is 0 Å². The maximum absolute atomic E-state index is 3.95. The third-order valence-electron chi connectivity index (χ3n) is 1.06. The van der Waals surface area contributed by atoms with Gasteiger partial charge in [0.25, 0.3) is 0 Å². The van der Waals surface area contributed by atoms with Crippen LogP contribution in [0.4, 0.5) is 0 Å². The number of hydrogen-bond donors (Lipinski definition) is 0. The van der Waals surface area contributed by atoms with Crippen LogP contribution in [0.3, 0.4) is 0 Å². The Bertz CT molecular complexity index is 50.7. The average molecular weight is 84.2 g/mol. The zero-order chi connectivity index (χ0) is 3.70. The Morgan fingerprint density at radius 3 is 1.80 bits per heavy atom. The molecule has 1 fully saturated rings. The monoisotopic (exact) mass is 84.0 g/mol. The molecule has 0 unspecified atom stereocenters. The van der Waals surface area contributed by atoms with Crippen LogP contribution in [0.25, 0.3) is 0 Å². The van der Waals surface area contributed by atoms with Crippen LogP contribution < -0.4 is 0 Å². The van der Waals surface area contributed by atoms with Gasteiger partial charge in [-0.1, -0.05) is 6.42 Å². The fraction of sp³-hybridized carbons (Fsp3) is 0.750. The maximum Gasteiger partial charge on any atom is 0.00191 e. The van der Waals surface area contributed by atoms with Gasteiger partial charge in [0, 0.05) is 8.41 Å². The Labute approximate surface area is 34.0 Å². The van der Waals surface area contributed by atoms with E-state index in [1.807, 2.05) is 0 Å². The van der Waals surface area contributed by atoms with E-state index < -0.39 is 0 Å². The molecule has 0 N–H and O–H groups in total. The van der Waals surface area contributed by atoms with Crippen LogP contribution in [0.1, 0.15) is 6.42 Å². The zero-order valence-electron chi connectivity index (χ0n) is 3.33. The molecular formula is C4H8Si. The molecule has 1 aliphatic heterocycles. The van der Waals surface area contributed by atoms with E-state index in [1.54, 1.807) is 0 Å². The summed E-state index contributed by atoms with van der Waals surface area (Å²) in [5, 5.41) is 0. The van der Waals surface area contributed by atoms with E-state index in [0.717, 1.165) is 0 Å². The fourth-order valence-electron chi connectivity index (χ4n) is 0.427. The molecule has 1 heteroatoms. The lowest BCUT2D eigenvalue weighted by molar-refractivity contribution is 0.965. The standard InChI is InChI=1S/C4H8Si/c1-5-3-2-4-5/h1-4H2. The summed E-state index contributed by atoms with van der Waals surface area (Å²) in [7, 11) is 0.0566. The SMILES string of the molecule is C=[Si]1CCC1. The average Bonchev–Trinajstić information content (AvgIpc) is 1.30. The molecule has 1 rings (SSSR count). The normalized spacial score (nSPS) is 22.0. The van der Waals surface area contributed by atoms with Crippen molar-refractivity contribution in [3.63, 3.8) is 0 Å². The van der Waals surface area contributed by atoms with E-state index in [2.05, 4.69) is 6.17 Å². The third-order valence-corrected chi connectivity index (χ3v) is 3.18. The molecule has 0 bridgehead atoms. The molecule has 0 amide bonds. The van der Waals surface area contributed by atoms with Gasteiger partial charge in [0.2, 0.25) is 0 Å². The molecule has 1 aliphatic rings. The van der Waals surface area contributed by atoms with E-state index in [0.29, 0.717) is 0 Å². The summed E-state index contributed by atoms with van der Waals surface area (Å²) in [6.07, 6.45) is 5.42. The largest absolute Gasteiger partial charge is 0.118 e. The van der Waals surface area contributed by atoms with Crippen molar-refractivity contribution >= 4 is 14.6 Å². The van der Waals surface area contributed by atoms with Gasteiger partial charge in [-0.3, -0.25) is 0 Å². The first-order chi connectivity index (χ1) is 2.39. The Balaban J connectivity index is 2.32. The van der Waals surface area contributed by atoms with Crippen LogP contribution in [-0.2, 0) is 0 Å². The lowest BCUT2D eigenvalue weighted by Crippen LogP contribution is -2.08. The summed E-state index contributed by atoms with van der Waals surface area (Å²) in [6.45, 7) is 0. The first-order valence-corrected chi connectivity index (χ1v) is 4.18. The third kappa shape index (κ3) is 0.480. The number of hydrogen-bond acceptors (Lipinski definition) is 0. The molecule has 0 aromatic carbocycles. The van der Waals surface area contributed by atoms with Gasteiger partial charge in [0.1, 0.15) is 0 Å². The molecule has 0 atom stereocenters. The lowest BCUT2D eigenvalue weighted by atomic mass is 10.5. The second-order valence-electron chi connectivity index (χ2n) is 1.60. The Morgan fingerprint density at radius 2 is 1.80 bits per heavy atom. The van der Waals surface area contributed by atoms with Crippen molar-refractivity contribution in [3.8, 4) is 0 Å². The minimum atomic E-state index is 0.0566. The van der Waals surface area contributed by atoms with E-state index in [9.17, 15) is 0 Å². The molecule has 0 aromatic rings. The molecule has 1 heterocycles. The molecule has 0 aliphatic carbocycles. The maximum atomic E-state index is 3.95. The highest BCUT2D eigenvalue weighted by molar-refractivity contribution is 6.64. The highest BCUT2D eigenvalue weighted by Gasteiger charge is 2.03. The molecule has 28 valence electrons. The summed E-state index contributed by atoms with van der Waals surface area (Å²) in [5.41, 5.74) is 0. The topological polar surface area (TPSA) is 0 Å².